The first-order chi connectivity index (χ1) is 10.2. The average Bonchev–Trinajstić information content (AvgIpc) is 2.99. The molecule has 0 saturated heterocycles. The molecule has 1 amide bonds. The predicted octanol–water partition coefficient (Wildman–Crippen LogP) is 3.46. The molecule has 2 N–H and O–H groups in total. The fourth-order valence-corrected chi connectivity index (χ4v) is 2.14. The van der Waals surface area contributed by atoms with Crippen LogP contribution in [0, 0.1) is 0 Å². The molecule has 1 unspecified atom stereocenters. The van der Waals surface area contributed by atoms with E-state index in [9.17, 15) is 4.79 Å². The highest BCUT2D eigenvalue weighted by Crippen LogP contribution is 2.10. The van der Waals surface area contributed by atoms with Gasteiger partial charge in [-0.3, -0.25) is 4.79 Å². The molecule has 1 heterocycles. The van der Waals surface area contributed by atoms with Crippen molar-refractivity contribution in [3.8, 4) is 0 Å². The summed E-state index contributed by atoms with van der Waals surface area (Å²) in [6.07, 6.45) is 3.35. The van der Waals surface area contributed by atoms with Crippen LogP contribution in [0.3, 0.4) is 0 Å². The lowest BCUT2D eigenvalue weighted by Gasteiger charge is -2.13. The minimum atomic E-state index is -0.0370. The number of aryl methyl sites for hydroxylation is 1. The Balaban J connectivity index is 1.82. The molecular formula is C17H22N2O2. The molecule has 21 heavy (non-hydrogen) atoms. The fourth-order valence-electron chi connectivity index (χ4n) is 2.14. The van der Waals surface area contributed by atoms with E-state index in [1.807, 2.05) is 50.2 Å². The Morgan fingerprint density at radius 2 is 2.00 bits per heavy atom. The third-order valence-corrected chi connectivity index (χ3v) is 3.31. The molecule has 1 aromatic heterocycles. The first-order valence-electron chi connectivity index (χ1n) is 7.36. The first kappa shape index (κ1) is 15.2. The monoisotopic (exact) mass is 286 g/mol. The molecule has 112 valence electrons. The number of benzene rings is 1. The zero-order valence-electron chi connectivity index (χ0n) is 12.6. The van der Waals surface area contributed by atoms with Crippen LogP contribution in [-0.4, -0.2) is 18.5 Å². The minimum Gasteiger partial charge on any atom is -0.469 e. The Morgan fingerprint density at radius 1 is 1.24 bits per heavy atom. The summed E-state index contributed by atoms with van der Waals surface area (Å²) in [4.78, 5) is 12.1. The maximum atomic E-state index is 12.1. The van der Waals surface area contributed by atoms with Crippen LogP contribution in [0.2, 0.25) is 0 Å². The second-order valence-electron chi connectivity index (χ2n) is 5.10. The van der Waals surface area contributed by atoms with Gasteiger partial charge in [0.15, 0.2) is 0 Å². The zero-order valence-corrected chi connectivity index (χ0v) is 12.6. The molecule has 0 saturated carbocycles. The molecule has 2 aromatic rings. The number of hydrogen-bond donors (Lipinski definition) is 2. The van der Waals surface area contributed by atoms with E-state index in [2.05, 4.69) is 10.6 Å². The van der Waals surface area contributed by atoms with E-state index in [0.717, 1.165) is 30.8 Å². The molecule has 0 radical (unpaired) electrons. The van der Waals surface area contributed by atoms with Gasteiger partial charge in [-0.1, -0.05) is 0 Å². The van der Waals surface area contributed by atoms with Crippen molar-refractivity contribution >= 4 is 11.6 Å². The van der Waals surface area contributed by atoms with Gasteiger partial charge in [-0.15, -0.1) is 0 Å². The molecule has 1 atom stereocenters. The smallest absolute Gasteiger partial charge is 0.251 e. The Hall–Kier alpha value is -2.23. The van der Waals surface area contributed by atoms with Crippen molar-refractivity contribution in [2.45, 2.75) is 32.7 Å². The molecule has 0 aliphatic carbocycles. The number of carbonyl (C=O) groups excluding carboxylic acids is 1. The Labute approximate surface area is 125 Å². The van der Waals surface area contributed by atoms with Crippen LogP contribution in [0.5, 0.6) is 0 Å². The van der Waals surface area contributed by atoms with Gasteiger partial charge in [0.1, 0.15) is 5.76 Å². The van der Waals surface area contributed by atoms with E-state index >= 15 is 0 Å². The molecule has 1 aromatic carbocycles. The normalized spacial score (nSPS) is 11.9. The number of anilines is 1. The summed E-state index contributed by atoms with van der Waals surface area (Å²) in [6, 6.07) is 11.5. The quantitative estimate of drug-likeness (QED) is 0.819. The number of hydrogen-bond acceptors (Lipinski definition) is 3. The van der Waals surface area contributed by atoms with Crippen LogP contribution in [0.25, 0.3) is 0 Å². The van der Waals surface area contributed by atoms with Gasteiger partial charge in [0.25, 0.3) is 5.91 Å². The van der Waals surface area contributed by atoms with E-state index in [1.54, 1.807) is 6.26 Å². The first-order valence-corrected chi connectivity index (χ1v) is 7.36. The second kappa shape index (κ2) is 7.53. The average molecular weight is 286 g/mol. The van der Waals surface area contributed by atoms with E-state index in [4.69, 9.17) is 4.42 Å². The van der Waals surface area contributed by atoms with Crippen molar-refractivity contribution in [1.29, 1.82) is 0 Å². The number of rotatable bonds is 7. The maximum absolute atomic E-state index is 12.1. The molecular weight excluding hydrogens is 264 g/mol. The summed E-state index contributed by atoms with van der Waals surface area (Å²) in [5.74, 6) is 0.913. The fraction of sp³-hybridized carbons (Fsp3) is 0.353. The Morgan fingerprint density at radius 3 is 2.62 bits per heavy atom. The summed E-state index contributed by atoms with van der Waals surface area (Å²) in [5.41, 5.74) is 1.71. The van der Waals surface area contributed by atoms with Gasteiger partial charge >= 0.3 is 0 Å². The lowest BCUT2D eigenvalue weighted by molar-refractivity contribution is 0.0938. The summed E-state index contributed by atoms with van der Waals surface area (Å²) in [5, 5.41) is 6.22. The predicted molar refractivity (Wildman–Crippen MR) is 84.6 cm³/mol. The molecule has 0 spiro atoms. The SMILES string of the molecule is CCNc1ccc(C(=O)NC(C)CCc2ccco2)cc1. The Bertz CT molecular complexity index is 547. The van der Waals surface area contributed by atoms with Crippen LogP contribution < -0.4 is 10.6 Å². The summed E-state index contributed by atoms with van der Waals surface area (Å²) in [6.45, 7) is 4.92. The largest absolute Gasteiger partial charge is 0.469 e. The van der Waals surface area contributed by atoms with Gasteiger partial charge in [0, 0.05) is 30.3 Å². The number of amides is 1. The topological polar surface area (TPSA) is 54.3 Å². The number of furan rings is 1. The van der Waals surface area contributed by atoms with Crippen LogP contribution >= 0.6 is 0 Å². The van der Waals surface area contributed by atoms with Gasteiger partial charge in [0.05, 0.1) is 6.26 Å². The Kier molecular flexibility index (Phi) is 5.43. The summed E-state index contributed by atoms with van der Waals surface area (Å²) >= 11 is 0. The second-order valence-corrected chi connectivity index (χ2v) is 5.10. The maximum Gasteiger partial charge on any atom is 0.251 e. The highest BCUT2D eigenvalue weighted by Gasteiger charge is 2.10. The third kappa shape index (κ3) is 4.67. The van der Waals surface area contributed by atoms with E-state index in [1.165, 1.54) is 0 Å². The van der Waals surface area contributed by atoms with Crippen molar-refractivity contribution in [2.24, 2.45) is 0 Å². The van der Waals surface area contributed by atoms with Crippen molar-refractivity contribution < 1.29 is 9.21 Å². The number of carbonyl (C=O) groups is 1. The highest BCUT2D eigenvalue weighted by molar-refractivity contribution is 5.94. The molecule has 0 aliphatic heterocycles. The van der Waals surface area contributed by atoms with E-state index in [-0.39, 0.29) is 11.9 Å². The van der Waals surface area contributed by atoms with Gasteiger partial charge in [0.2, 0.25) is 0 Å². The van der Waals surface area contributed by atoms with Gasteiger partial charge in [-0.05, 0) is 56.7 Å². The highest BCUT2D eigenvalue weighted by atomic mass is 16.3. The van der Waals surface area contributed by atoms with Crippen LogP contribution in [0.1, 0.15) is 36.4 Å². The van der Waals surface area contributed by atoms with E-state index < -0.39 is 0 Å². The number of nitrogens with one attached hydrogen (secondary N) is 2. The van der Waals surface area contributed by atoms with Gasteiger partial charge in [-0.25, -0.2) is 0 Å². The molecule has 0 fully saturated rings. The lowest BCUT2D eigenvalue weighted by Crippen LogP contribution is -2.32. The van der Waals surface area contributed by atoms with Crippen molar-refractivity contribution in [3.63, 3.8) is 0 Å². The summed E-state index contributed by atoms with van der Waals surface area (Å²) < 4.78 is 5.29. The van der Waals surface area contributed by atoms with Gasteiger partial charge in [-0.2, -0.15) is 0 Å². The minimum absolute atomic E-state index is 0.0370. The van der Waals surface area contributed by atoms with Crippen molar-refractivity contribution in [1.82, 2.24) is 5.32 Å². The molecule has 0 bridgehead atoms. The zero-order chi connectivity index (χ0) is 15.1. The van der Waals surface area contributed by atoms with Crippen molar-refractivity contribution in [2.75, 3.05) is 11.9 Å². The lowest BCUT2D eigenvalue weighted by atomic mass is 10.1. The molecule has 0 aliphatic rings. The molecule has 2 rings (SSSR count). The van der Waals surface area contributed by atoms with E-state index in [0.29, 0.717) is 5.56 Å². The van der Waals surface area contributed by atoms with Gasteiger partial charge < -0.3 is 15.1 Å². The van der Waals surface area contributed by atoms with Crippen LogP contribution in [0.15, 0.2) is 47.1 Å². The van der Waals surface area contributed by atoms with Crippen LogP contribution in [0.4, 0.5) is 5.69 Å². The van der Waals surface area contributed by atoms with Crippen molar-refractivity contribution in [3.05, 3.63) is 54.0 Å². The summed E-state index contributed by atoms with van der Waals surface area (Å²) in [7, 11) is 0. The molecule has 4 nitrogen and oxygen atoms in total. The molecule has 4 heteroatoms. The van der Waals surface area contributed by atoms with Crippen LogP contribution in [-0.2, 0) is 6.42 Å². The standard InChI is InChI=1S/C17H22N2O2/c1-3-18-15-9-7-14(8-10-15)17(20)19-13(2)6-11-16-5-4-12-21-16/h4-5,7-10,12-13,18H,3,6,11H2,1-2H3,(H,19,20). The third-order valence-electron chi connectivity index (χ3n) is 3.31.